The molecule has 2 aromatic rings. The zero-order chi connectivity index (χ0) is 17.0. The molecule has 0 bridgehead atoms. The Labute approximate surface area is 138 Å². The molecule has 0 aliphatic heterocycles. The molecule has 2 aromatic carbocycles. The zero-order valence-electron chi connectivity index (χ0n) is 12.6. The second-order valence-electron chi connectivity index (χ2n) is 5.03. The highest BCUT2D eigenvalue weighted by Gasteiger charge is 2.16. The minimum Gasteiger partial charge on any atom is -0.545 e. The minimum atomic E-state index is -1.30. The van der Waals surface area contributed by atoms with Crippen molar-refractivity contribution in [2.75, 3.05) is 5.32 Å². The number of halogens is 1. The number of rotatable bonds is 5. The van der Waals surface area contributed by atoms with Crippen molar-refractivity contribution in [1.29, 1.82) is 0 Å². The van der Waals surface area contributed by atoms with E-state index in [2.05, 4.69) is 5.32 Å². The van der Waals surface area contributed by atoms with Gasteiger partial charge in [0, 0.05) is 10.7 Å². The standard InChI is InChI=1S/C17H16ClNO4/c1-10-8-13(18)6-7-15(10)23-11(2)16(20)19-14-5-3-4-12(9-14)17(21)22/h3-9,11H,1-2H3,(H,19,20)(H,21,22)/p-1/t11-/m0/s1. The first-order valence-electron chi connectivity index (χ1n) is 6.92. The summed E-state index contributed by atoms with van der Waals surface area (Å²) < 4.78 is 5.61. The number of aromatic carboxylic acids is 1. The van der Waals surface area contributed by atoms with Gasteiger partial charge >= 0.3 is 0 Å². The van der Waals surface area contributed by atoms with Crippen LogP contribution in [0, 0.1) is 6.92 Å². The van der Waals surface area contributed by atoms with Crippen LogP contribution in [0.5, 0.6) is 5.75 Å². The number of carboxylic acids is 1. The molecule has 6 heteroatoms. The van der Waals surface area contributed by atoms with E-state index in [4.69, 9.17) is 16.3 Å². The molecule has 0 aromatic heterocycles. The fourth-order valence-corrected chi connectivity index (χ4v) is 2.18. The molecule has 5 nitrogen and oxygen atoms in total. The van der Waals surface area contributed by atoms with Crippen LogP contribution in [0.25, 0.3) is 0 Å². The number of carbonyl (C=O) groups is 2. The molecule has 0 aliphatic carbocycles. The van der Waals surface area contributed by atoms with Crippen LogP contribution < -0.4 is 15.2 Å². The number of nitrogens with one attached hydrogen (secondary N) is 1. The molecule has 120 valence electrons. The van der Waals surface area contributed by atoms with Crippen LogP contribution in [0.15, 0.2) is 42.5 Å². The second kappa shape index (κ2) is 7.15. The molecule has 0 unspecified atom stereocenters. The molecular weight excluding hydrogens is 318 g/mol. The maximum absolute atomic E-state index is 12.2. The maximum Gasteiger partial charge on any atom is 0.265 e. The van der Waals surface area contributed by atoms with Gasteiger partial charge in [0.15, 0.2) is 6.10 Å². The van der Waals surface area contributed by atoms with Crippen molar-refractivity contribution >= 4 is 29.2 Å². The number of anilines is 1. The molecule has 0 saturated heterocycles. The van der Waals surface area contributed by atoms with E-state index in [0.717, 1.165) is 5.56 Å². The molecule has 0 spiro atoms. The number of carbonyl (C=O) groups excluding carboxylic acids is 2. The molecule has 0 radical (unpaired) electrons. The summed E-state index contributed by atoms with van der Waals surface area (Å²) in [5.41, 5.74) is 1.17. The van der Waals surface area contributed by atoms with Crippen molar-refractivity contribution in [1.82, 2.24) is 0 Å². The minimum absolute atomic E-state index is 0.00934. The largest absolute Gasteiger partial charge is 0.545 e. The Kier molecular flexibility index (Phi) is 5.24. The Morgan fingerprint density at radius 1 is 1.22 bits per heavy atom. The highest BCUT2D eigenvalue weighted by Crippen LogP contribution is 2.23. The van der Waals surface area contributed by atoms with Gasteiger partial charge in [0.05, 0.1) is 5.97 Å². The van der Waals surface area contributed by atoms with Crippen molar-refractivity contribution in [2.45, 2.75) is 20.0 Å². The van der Waals surface area contributed by atoms with E-state index in [-0.39, 0.29) is 5.56 Å². The molecule has 1 amide bonds. The zero-order valence-corrected chi connectivity index (χ0v) is 13.4. The topological polar surface area (TPSA) is 78.5 Å². The summed E-state index contributed by atoms with van der Waals surface area (Å²) in [6.07, 6.45) is -0.763. The fourth-order valence-electron chi connectivity index (χ4n) is 1.96. The third-order valence-corrected chi connectivity index (χ3v) is 3.41. The van der Waals surface area contributed by atoms with Crippen molar-refractivity contribution < 1.29 is 19.4 Å². The molecule has 1 atom stereocenters. The van der Waals surface area contributed by atoms with Crippen LogP contribution in [-0.2, 0) is 4.79 Å². The highest BCUT2D eigenvalue weighted by molar-refractivity contribution is 6.30. The van der Waals surface area contributed by atoms with Gasteiger partial charge in [0.25, 0.3) is 5.91 Å². The van der Waals surface area contributed by atoms with E-state index in [9.17, 15) is 14.7 Å². The Bertz CT molecular complexity index is 745. The number of ether oxygens (including phenoxy) is 1. The summed E-state index contributed by atoms with van der Waals surface area (Å²) >= 11 is 5.88. The van der Waals surface area contributed by atoms with E-state index in [1.165, 1.54) is 18.2 Å². The summed E-state index contributed by atoms with van der Waals surface area (Å²) in [7, 11) is 0. The average Bonchev–Trinajstić information content (AvgIpc) is 2.50. The van der Waals surface area contributed by atoms with Gasteiger partial charge in [0.2, 0.25) is 0 Å². The van der Waals surface area contributed by atoms with Crippen LogP contribution in [0.4, 0.5) is 5.69 Å². The van der Waals surface area contributed by atoms with E-state index in [0.29, 0.717) is 16.5 Å². The normalized spacial score (nSPS) is 11.6. The van der Waals surface area contributed by atoms with Gasteiger partial charge in [0.1, 0.15) is 5.75 Å². The number of amides is 1. The Hall–Kier alpha value is -2.53. The van der Waals surface area contributed by atoms with Crippen LogP contribution >= 0.6 is 11.6 Å². The summed E-state index contributed by atoms with van der Waals surface area (Å²) in [6, 6.07) is 10.9. The lowest BCUT2D eigenvalue weighted by molar-refractivity contribution is -0.255. The van der Waals surface area contributed by atoms with E-state index < -0.39 is 18.0 Å². The molecule has 0 aliphatic rings. The van der Waals surface area contributed by atoms with Crippen LogP contribution in [0.2, 0.25) is 5.02 Å². The number of carboxylic acid groups (broad SMARTS) is 1. The fraction of sp³-hybridized carbons (Fsp3) is 0.176. The van der Waals surface area contributed by atoms with Crippen molar-refractivity contribution in [2.24, 2.45) is 0 Å². The lowest BCUT2D eigenvalue weighted by Crippen LogP contribution is -2.30. The quantitative estimate of drug-likeness (QED) is 0.912. The molecular formula is C17H15ClNO4-. The predicted octanol–water partition coefficient (Wildman–Crippen LogP) is 2.42. The SMILES string of the molecule is Cc1cc(Cl)ccc1O[C@@H](C)C(=O)Nc1cccc(C(=O)[O-])c1. The Morgan fingerprint density at radius 3 is 2.61 bits per heavy atom. The number of benzene rings is 2. The summed E-state index contributed by atoms with van der Waals surface area (Å²) in [5.74, 6) is -1.14. The summed E-state index contributed by atoms with van der Waals surface area (Å²) in [5, 5.41) is 14.0. The van der Waals surface area contributed by atoms with Gasteiger partial charge in [-0.25, -0.2) is 0 Å². The van der Waals surface area contributed by atoms with E-state index in [1.54, 1.807) is 31.2 Å². The first kappa shape index (κ1) is 16.8. The van der Waals surface area contributed by atoms with Crippen LogP contribution in [0.3, 0.4) is 0 Å². The molecule has 0 saturated carbocycles. The van der Waals surface area contributed by atoms with Gasteiger partial charge in [-0.05, 0) is 55.3 Å². The summed E-state index contributed by atoms with van der Waals surface area (Å²) in [6.45, 7) is 3.43. The third-order valence-electron chi connectivity index (χ3n) is 3.18. The lowest BCUT2D eigenvalue weighted by atomic mass is 10.2. The molecule has 0 fully saturated rings. The van der Waals surface area contributed by atoms with Gasteiger partial charge in [-0.3, -0.25) is 4.79 Å². The van der Waals surface area contributed by atoms with E-state index in [1.807, 2.05) is 6.92 Å². The maximum atomic E-state index is 12.2. The first-order chi connectivity index (χ1) is 10.9. The second-order valence-corrected chi connectivity index (χ2v) is 5.46. The Morgan fingerprint density at radius 2 is 1.96 bits per heavy atom. The molecule has 2 rings (SSSR count). The van der Waals surface area contributed by atoms with Crippen molar-refractivity contribution in [3.8, 4) is 5.75 Å². The van der Waals surface area contributed by atoms with Crippen molar-refractivity contribution in [3.05, 3.63) is 58.6 Å². The smallest absolute Gasteiger partial charge is 0.265 e. The third kappa shape index (κ3) is 4.47. The monoisotopic (exact) mass is 332 g/mol. The number of hydrogen-bond acceptors (Lipinski definition) is 4. The van der Waals surface area contributed by atoms with Gasteiger partial charge < -0.3 is 20.0 Å². The predicted molar refractivity (Wildman–Crippen MR) is 85.7 cm³/mol. The summed E-state index contributed by atoms with van der Waals surface area (Å²) in [4.78, 5) is 23.0. The molecule has 23 heavy (non-hydrogen) atoms. The number of aryl methyl sites for hydroxylation is 1. The van der Waals surface area contributed by atoms with E-state index >= 15 is 0 Å². The number of hydrogen-bond donors (Lipinski definition) is 1. The van der Waals surface area contributed by atoms with Crippen LogP contribution in [0.1, 0.15) is 22.8 Å². The molecule has 0 heterocycles. The molecule has 1 N–H and O–H groups in total. The van der Waals surface area contributed by atoms with Gasteiger partial charge in [-0.1, -0.05) is 23.7 Å². The van der Waals surface area contributed by atoms with Gasteiger partial charge in [-0.2, -0.15) is 0 Å². The van der Waals surface area contributed by atoms with Gasteiger partial charge in [-0.15, -0.1) is 0 Å². The Balaban J connectivity index is 2.05. The van der Waals surface area contributed by atoms with Crippen LogP contribution in [-0.4, -0.2) is 18.0 Å². The first-order valence-corrected chi connectivity index (χ1v) is 7.29. The highest BCUT2D eigenvalue weighted by atomic mass is 35.5. The van der Waals surface area contributed by atoms with Crippen molar-refractivity contribution in [3.63, 3.8) is 0 Å². The average molecular weight is 333 g/mol. The lowest BCUT2D eigenvalue weighted by Gasteiger charge is -2.16.